The zero-order valence-electron chi connectivity index (χ0n) is 13.7. The molecular formula is C19H28N2. The minimum atomic E-state index is 1.15. The van der Waals surface area contributed by atoms with Crippen molar-refractivity contribution < 1.29 is 0 Å². The van der Waals surface area contributed by atoms with Crippen LogP contribution in [0.1, 0.15) is 27.2 Å². The molecule has 1 aliphatic rings. The highest BCUT2D eigenvalue weighted by Gasteiger charge is 2.17. The lowest BCUT2D eigenvalue weighted by molar-refractivity contribution is 0.258. The first-order chi connectivity index (χ1) is 10.4. The van der Waals surface area contributed by atoms with E-state index in [1.807, 2.05) is 13.8 Å². The van der Waals surface area contributed by atoms with Crippen LogP contribution >= 0.6 is 0 Å². The molecule has 1 fully saturated rings. The summed E-state index contributed by atoms with van der Waals surface area (Å²) >= 11 is 0. The van der Waals surface area contributed by atoms with Crippen LogP contribution in [0.2, 0.25) is 0 Å². The summed E-state index contributed by atoms with van der Waals surface area (Å²) in [7, 11) is 0. The molecule has 0 amide bonds. The smallest absolute Gasteiger partial charge is 0.0446 e. The van der Waals surface area contributed by atoms with Crippen molar-refractivity contribution in [2.45, 2.75) is 27.2 Å². The van der Waals surface area contributed by atoms with Crippen LogP contribution in [0.25, 0.3) is 10.8 Å². The summed E-state index contributed by atoms with van der Waals surface area (Å²) < 4.78 is 0. The summed E-state index contributed by atoms with van der Waals surface area (Å²) in [5.74, 6) is 0. The van der Waals surface area contributed by atoms with E-state index in [1.54, 1.807) is 0 Å². The second-order valence-electron chi connectivity index (χ2n) is 5.33. The Morgan fingerprint density at radius 3 is 2.24 bits per heavy atom. The van der Waals surface area contributed by atoms with Gasteiger partial charge in [-0.15, -0.1) is 0 Å². The zero-order valence-corrected chi connectivity index (χ0v) is 13.7. The number of nitrogens with zero attached hydrogens (tertiary/aromatic N) is 2. The minimum Gasteiger partial charge on any atom is -0.368 e. The van der Waals surface area contributed by atoms with E-state index in [9.17, 15) is 0 Å². The van der Waals surface area contributed by atoms with Crippen LogP contribution in [0.3, 0.4) is 0 Å². The molecule has 0 bridgehead atoms. The Labute approximate surface area is 129 Å². The van der Waals surface area contributed by atoms with Gasteiger partial charge < -0.3 is 4.90 Å². The maximum atomic E-state index is 2.57. The minimum absolute atomic E-state index is 1.15. The maximum Gasteiger partial charge on any atom is 0.0446 e. The Bertz CT molecular complexity index is 537. The van der Waals surface area contributed by atoms with Crippen LogP contribution < -0.4 is 4.90 Å². The normalized spacial score (nSPS) is 15.7. The molecule has 1 heterocycles. The van der Waals surface area contributed by atoms with Crippen molar-refractivity contribution in [3.05, 3.63) is 42.5 Å². The van der Waals surface area contributed by atoms with Crippen molar-refractivity contribution in [3.8, 4) is 0 Å². The van der Waals surface area contributed by atoms with Gasteiger partial charge in [0.1, 0.15) is 0 Å². The van der Waals surface area contributed by atoms with E-state index < -0.39 is 0 Å². The third-order valence-electron chi connectivity index (χ3n) is 4.02. The third kappa shape index (κ3) is 3.76. The van der Waals surface area contributed by atoms with E-state index in [-0.39, 0.29) is 0 Å². The standard InChI is InChI=1S/C17H22N2.C2H6/c1-2-10-18-11-13-19(14-12-18)17-9-5-7-15-6-3-4-8-16(15)17;1-2/h3-9H,2,10-14H2,1H3;1-2H3. The predicted octanol–water partition coefficient (Wildman–Crippen LogP) is 4.40. The highest BCUT2D eigenvalue weighted by molar-refractivity contribution is 5.94. The first-order valence-electron chi connectivity index (χ1n) is 8.33. The van der Waals surface area contributed by atoms with Crippen molar-refractivity contribution in [1.29, 1.82) is 0 Å². The topological polar surface area (TPSA) is 6.48 Å². The van der Waals surface area contributed by atoms with Crippen LogP contribution in [0.4, 0.5) is 5.69 Å². The third-order valence-corrected chi connectivity index (χ3v) is 4.02. The maximum absolute atomic E-state index is 2.57. The Kier molecular flexibility index (Phi) is 6.06. The number of benzene rings is 2. The van der Waals surface area contributed by atoms with Gasteiger partial charge in [-0.1, -0.05) is 57.2 Å². The van der Waals surface area contributed by atoms with Crippen molar-refractivity contribution in [2.24, 2.45) is 0 Å². The second-order valence-corrected chi connectivity index (χ2v) is 5.33. The van der Waals surface area contributed by atoms with Gasteiger partial charge in [0, 0.05) is 37.3 Å². The number of piperazine rings is 1. The summed E-state index contributed by atoms with van der Waals surface area (Å²) in [6.45, 7) is 12.2. The molecule has 0 aliphatic carbocycles. The van der Waals surface area contributed by atoms with E-state index in [0.29, 0.717) is 0 Å². The molecule has 0 radical (unpaired) electrons. The Hall–Kier alpha value is -1.54. The molecule has 114 valence electrons. The van der Waals surface area contributed by atoms with Crippen LogP contribution in [-0.2, 0) is 0 Å². The van der Waals surface area contributed by atoms with Gasteiger partial charge in [-0.3, -0.25) is 4.90 Å². The van der Waals surface area contributed by atoms with Gasteiger partial charge in [0.15, 0.2) is 0 Å². The molecule has 0 aromatic heterocycles. The van der Waals surface area contributed by atoms with Crippen LogP contribution in [0, 0.1) is 0 Å². The van der Waals surface area contributed by atoms with Crippen molar-refractivity contribution >= 4 is 16.5 Å². The molecule has 2 nitrogen and oxygen atoms in total. The average molecular weight is 284 g/mol. The van der Waals surface area contributed by atoms with Gasteiger partial charge in [-0.05, 0) is 24.4 Å². The van der Waals surface area contributed by atoms with Crippen LogP contribution in [-0.4, -0.2) is 37.6 Å². The average Bonchev–Trinajstić information content (AvgIpc) is 2.57. The number of hydrogen-bond acceptors (Lipinski definition) is 2. The molecule has 2 aromatic rings. The van der Waals surface area contributed by atoms with E-state index >= 15 is 0 Å². The van der Waals surface area contributed by atoms with Gasteiger partial charge in [0.25, 0.3) is 0 Å². The Balaban J connectivity index is 0.000000774. The van der Waals surface area contributed by atoms with Gasteiger partial charge >= 0.3 is 0 Å². The van der Waals surface area contributed by atoms with Gasteiger partial charge in [0.2, 0.25) is 0 Å². The van der Waals surface area contributed by atoms with Gasteiger partial charge in [-0.25, -0.2) is 0 Å². The summed E-state index contributed by atoms with van der Waals surface area (Å²) in [5, 5.41) is 2.73. The molecular weight excluding hydrogens is 256 g/mol. The number of anilines is 1. The largest absolute Gasteiger partial charge is 0.368 e. The fraction of sp³-hybridized carbons (Fsp3) is 0.474. The first-order valence-corrected chi connectivity index (χ1v) is 8.33. The summed E-state index contributed by atoms with van der Waals surface area (Å²) in [6.07, 6.45) is 1.26. The fourth-order valence-corrected chi connectivity index (χ4v) is 3.01. The highest BCUT2D eigenvalue weighted by Crippen LogP contribution is 2.27. The fourth-order valence-electron chi connectivity index (χ4n) is 3.01. The number of rotatable bonds is 3. The summed E-state index contributed by atoms with van der Waals surface area (Å²) in [6, 6.07) is 15.3. The lowest BCUT2D eigenvalue weighted by Crippen LogP contribution is -2.46. The molecule has 2 heteroatoms. The predicted molar refractivity (Wildman–Crippen MR) is 94.2 cm³/mol. The van der Waals surface area contributed by atoms with Crippen molar-refractivity contribution in [2.75, 3.05) is 37.6 Å². The molecule has 21 heavy (non-hydrogen) atoms. The second kappa shape index (κ2) is 8.04. The molecule has 0 N–H and O–H groups in total. The quantitative estimate of drug-likeness (QED) is 0.824. The molecule has 0 unspecified atom stereocenters. The molecule has 3 rings (SSSR count). The molecule has 1 aliphatic heterocycles. The van der Waals surface area contributed by atoms with Gasteiger partial charge in [0.05, 0.1) is 0 Å². The molecule has 0 spiro atoms. The number of fused-ring (bicyclic) bond motifs is 1. The summed E-state index contributed by atoms with van der Waals surface area (Å²) in [5.41, 5.74) is 1.40. The zero-order chi connectivity index (χ0) is 15.1. The molecule has 0 saturated carbocycles. The lowest BCUT2D eigenvalue weighted by Gasteiger charge is -2.36. The molecule has 1 saturated heterocycles. The molecule has 0 atom stereocenters. The monoisotopic (exact) mass is 284 g/mol. The first kappa shape index (κ1) is 15.8. The summed E-state index contributed by atoms with van der Waals surface area (Å²) in [4.78, 5) is 5.11. The highest BCUT2D eigenvalue weighted by atomic mass is 15.3. The lowest BCUT2D eigenvalue weighted by atomic mass is 10.1. The van der Waals surface area contributed by atoms with Crippen molar-refractivity contribution in [3.63, 3.8) is 0 Å². The van der Waals surface area contributed by atoms with E-state index in [4.69, 9.17) is 0 Å². The van der Waals surface area contributed by atoms with E-state index in [2.05, 4.69) is 59.2 Å². The van der Waals surface area contributed by atoms with Crippen molar-refractivity contribution in [1.82, 2.24) is 4.90 Å². The number of hydrogen-bond donors (Lipinski definition) is 0. The van der Waals surface area contributed by atoms with Gasteiger partial charge in [-0.2, -0.15) is 0 Å². The van der Waals surface area contributed by atoms with E-state index in [1.165, 1.54) is 42.5 Å². The van der Waals surface area contributed by atoms with Crippen LogP contribution in [0.15, 0.2) is 42.5 Å². The SMILES string of the molecule is CC.CCCN1CCN(c2cccc3ccccc23)CC1. The Morgan fingerprint density at radius 2 is 1.52 bits per heavy atom. The van der Waals surface area contributed by atoms with Crippen LogP contribution in [0.5, 0.6) is 0 Å². The Morgan fingerprint density at radius 1 is 0.857 bits per heavy atom. The van der Waals surface area contributed by atoms with E-state index in [0.717, 1.165) is 13.1 Å². The molecule has 2 aromatic carbocycles.